The smallest absolute Gasteiger partial charge is 0.263 e. The summed E-state index contributed by atoms with van der Waals surface area (Å²) in [4.78, 5) is 15.3. The van der Waals surface area contributed by atoms with Crippen LogP contribution >= 0.6 is 15.9 Å². The van der Waals surface area contributed by atoms with Gasteiger partial charge in [0.2, 0.25) is 6.79 Å². The third-order valence-corrected chi connectivity index (χ3v) is 6.59. The molecule has 0 radical (unpaired) electrons. The Morgan fingerprint density at radius 2 is 1.74 bits per heavy atom. The fourth-order valence-corrected chi connectivity index (χ4v) is 4.81. The van der Waals surface area contributed by atoms with Gasteiger partial charge in [-0.05, 0) is 51.1 Å². The molecule has 0 saturated heterocycles. The topological polar surface area (TPSA) is 57.2 Å². The zero-order chi connectivity index (χ0) is 23.8. The highest BCUT2D eigenvalue weighted by molar-refractivity contribution is 9.10. The number of halogens is 1. The summed E-state index contributed by atoms with van der Waals surface area (Å²) in [5.41, 5.74) is 3.03. The molecule has 5 rings (SSSR count). The normalized spacial score (nSPS) is 12.0. The lowest BCUT2D eigenvalue weighted by atomic mass is 9.95. The summed E-state index contributed by atoms with van der Waals surface area (Å²) in [6.07, 6.45) is 0. The minimum atomic E-state index is -0.224. The van der Waals surface area contributed by atoms with E-state index in [1.54, 1.807) is 38.3 Å². The van der Waals surface area contributed by atoms with Gasteiger partial charge >= 0.3 is 0 Å². The van der Waals surface area contributed by atoms with E-state index in [0.717, 1.165) is 27.6 Å². The minimum Gasteiger partial charge on any atom is -0.493 e. The van der Waals surface area contributed by atoms with Crippen LogP contribution in [0.5, 0.6) is 23.0 Å². The number of benzene rings is 4. The standard InChI is InChI=1S/C27H22BrNO5/c1-29(27(30)24-19(28)12-13-21-26(24)34-15-33-21)20-11-7-10-17-18(20)14-22(31-2)25(32-3)23(17)16-8-5-4-6-9-16/h4-14H,15H2,1-3H3. The summed E-state index contributed by atoms with van der Waals surface area (Å²) in [6.45, 7) is 0.0848. The molecule has 0 N–H and O–H groups in total. The van der Waals surface area contributed by atoms with Crippen molar-refractivity contribution in [1.29, 1.82) is 0 Å². The van der Waals surface area contributed by atoms with Gasteiger partial charge in [0.25, 0.3) is 5.91 Å². The summed E-state index contributed by atoms with van der Waals surface area (Å²) in [5, 5.41) is 1.80. The van der Waals surface area contributed by atoms with Gasteiger partial charge in [0, 0.05) is 22.5 Å². The van der Waals surface area contributed by atoms with E-state index < -0.39 is 0 Å². The molecule has 4 aromatic rings. The molecule has 0 aromatic heterocycles. The summed E-state index contributed by atoms with van der Waals surface area (Å²) in [7, 11) is 4.99. The number of ether oxygens (including phenoxy) is 4. The van der Waals surface area contributed by atoms with Crippen LogP contribution in [-0.2, 0) is 0 Å². The van der Waals surface area contributed by atoms with E-state index in [0.29, 0.717) is 33.0 Å². The fourth-order valence-electron chi connectivity index (χ4n) is 4.33. The van der Waals surface area contributed by atoms with Crippen molar-refractivity contribution in [2.45, 2.75) is 0 Å². The maximum Gasteiger partial charge on any atom is 0.263 e. The number of amides is 1. The lowest BCUT2D eigenvalue weighted by Gasteiger charge is -2.23. The number of anilines is 1. The van der Waals surface area contributed by atoms with Gasteiger partial charge in [0.15, 0.2) is 23.0 Å². The zero-order valence-corrected chi connectivity index (χ0v) is 20.5. The Hall–Kier alpha value is -3.71. The first-order chi connectivity index (χ1) is 16.5. The van der Waals surface area contributed by atoms with E-state index >= 15 is 0 Å². The quantitative estimate of drug-likeness (QED) is 0.310. The number of fused-ring (bicyclic) bond motifs is 2. The molecule has 0 saturated carbocycles. The molecule has 1 amide bonds. The van der Waals surface area contributed by atoms with Gasteiger partial charge < -0.3 is 23.8 Å². The van der Waals surface area contributed by atoms with Gasteiger partial charge in [-0.1, -0.05) is 42.5 Å². The van der Waals surface area contributed by atoms with Crippen LogP contribution in [-0.4, -0.2) is 34.0 Å². The van der Waals surface area contributed by atoms with Crippen molar-refractivity contribution in [1.82, 2.24) is 0 Å². The highest BCUT2D eigenvalue weighted by Crippen LogP contribution is 2.47. The van der Waals surface area contributed by atoms with Gasteiger partial charge in [-0.2, -0.15) is 0 Å². The number of carbonyl (C=O) groups excluding carboxylic acids is 1. The van der Waals surface area contributed by atoms with Crippen LogP contribution < -0.4 is 23.8 Å². The number of rotatable bonds is 5. The van der Waals surface area contributed by atoms with E-state index in [1.165, 1.54) is 0 Å². The average Bonchev–Trinajstić information content (AvgIpc) is 3.35. The Labute approximate surface area is 205 Å². The third kappa shape index (κ3) is 3.53. The van der Waals surface area contributed by atoms with Gasteiger partial charge in [0.05, 0.1) is 19.9 Å². The number of hydrogen-bond acceptors (Lipinski definition) is 5. The Morgan fingerprint density at radius 1 is 0.941 bits per heavy atom. The first-order valence-corrected chi connectivity index (χ1v) is 11.4. The van der Waals surface area contributed by atoms with Gasteiger partial charge in [0.1, 0.15) is 5.56 Å². The maximum absolute atomic E-state index is 13.7. The van der Waals surface area contributed by atoms with Crippen molar-refractivity contribution in [3.05, 3.63) is 76.8 Å². The molecule has 0 fully saturated rings. The van der Waals surface area contributed by atoms with Crippen LogP contribution in [0.2, 0.25) is 0 Å². The van der Waals surface area contributed by atoms with Gasteiger partial charge in [-0.3, -0.25) is 4.79 Å². The van der Waals surface area contributed by atoms with Crippen molar-refractivity contribution in [2.24, 2.45) is 0 Å². The molecule has 1 aliphatic rings. The van der Waals surface area contributed by atoms with Gasteiger partial charge in [-0.15, -0.1) is 0 Å². The predicted molar refractivity (Wildman–Crippen MR) is 135 cm³/mol. The lowest BCUT2D eigenvalue weighted by molar-refractivity contribution is 0.0987. The average molecular weight is 520 g/mol. The zero-order valence-electron chi connectivity index (χ0n) is 18.9. The third-order valence-electron chi connectivity index (χ3n) is 5.93. The summed E-state index contributed by atoms with van der Waals surface area (Å²) >= 11 is 3.51. The monoisotopic (exact) mass is 519 g/mol. The predicted octanol–water partition coefficient (Wildman–Crippen LogP) is 6.29. The van der Waals surface area contributed by atoms with Crippen LogP contribution in [0, 0.1) is 0 Å². The van der Waals surface area contributed by atoms with Gasteiger partial charge in [-0.25, -0.2) is 0 Å². The van der Waals surface area contributed by atoms with Crippen molar-refractivity contribution in [3.8, 4) is 34.1 Å². The highest BCUT2D eigenvalue weighted by atomic mass is 79.9. The SMILES string of the molecule is COc1cc2c(N(C)C(=O)c3c(Br)ccc4c3OCO4)cccc2c(-c2ccccc2)c1OC. The number of carbonyl (C=O) groups is 1. The first-order valence-electron chi connectivity index (χ1n) is 10.6. The molecule has 1 aliphatic heterocycles. The Morgan fingerprint density at radius 3 is 2.47 bits per heavy atom. The molecule has 0 bridgehead atoms. The van der Waals surface area contributed by atoms with E-state index in [4.69, 9.17) is 18.9 Å². The number of nitrogens with zero attached hydrogens (tertiary/aromatic N) is 1. The largest absolute Gasteiger partial charge is 0.493 e. The van der Waals surface area contributed by atoms with Crippen LogP contribution in [0.25, 0.3) is 21.9 Å². The molecule has 34 heavy (non-hydrogen) atoms. The van der Waals surface area contributed by atoms with Crippen molar-refractivity contribution in [2.75, 3.05) is 33.0 Å². The molecule has 6 nitrogen and oxygen atoms in total. The van der Waals surface area contributed by atoms with E-state index in [-0.39, 0.29) is 12.7 Å². The van der Waals surface area contributed by atoms with E-state index in [2.05, 4.69) is 15.9 Å². The second-order valence-electron chi connectivity index (χ2n) is 7.75. The number of methoxy groups -OCH3 is 2. The molecule has 1 heterocycles. The van der Waals surface area contributed by atoms with Crippen molar-refractivity contribution >= 4 is 38.3 Å². The molecule has 172 valence electrons. The molecular formula is C27H22BrNO5. The van der Waals surface area contributed by atoms with E-state index in [1.807, 2.05) is 54.6 Å². The van der Waals surface area contributed by atoms with Crippen molar-refractivity contribution < 1.29 is 23.7 Å². The van der Waals surface area contributed by atoms with Crippen LogP contribution in [0.4, 0.5) is 5.69 Å². The summed E-state index contributed by atoms with van der Waals surface area (Å²) in [5.74, 6) is 1.99. The minimum absolute atomic E-state index is 0.0848. The summed E-state index contributed by atoms with van der Waals surface area (Å²) < 4.78 is 23.2. The van der Waals surface area contributed by atoms with Crippen LogP contribution in [0.15, 0.2) is 71.2 Å². The number of hydrogen-bond donors (Lipinski definition) is 0. The Bertz CT molecular complexity index is 1400. The fraction of sp³-hybridized carbons (Fsp3) is 0.148. The summed E-state index contributed by atoms with van der Waals surface area (Å²) in [6, 6.07) is 21.3. The second-order valence-corrected chi connectivity index (χ2v) is 8.60. The van der Waals surface area contributed by atoms with Crippen molar-refractivity contribution in [3.63, 3.8) is 0 Å². The second kappa shape index (κ2) is 8.91. The first kappa shape index (κ1) is 22.1. The van der Waals surface area contributed by atoms with E-state index in [9.17, 15) is 4.79 Å². The molecule has 7 heteroatoms. The Balaban J connectivity index is 1.72. The van der Waals surface area contributed by atoms with Crippen LogP contribution in [0.1, 0.15) is 10.4 Å². The maximum atomic E-state index is 13.7. The van der Waals surface area contributed by atoms with Crippen LogP contribution in [0.3, 0.4) is 0 Å². The molecular weight excluding hydrogens is 498 g/mol. The highest BCUT2D eigenvalue weighted by Gasteiger charge is 2.29. The molecule has 0 unspecified atom stereocenters. The lowest BCUT2D eigenvalue weighted by Crippen LogP contribution is -2.27. The molecule has 0 spiro atoms. The molecule has 0 atom stereocenters. The molecule has 4 aromatic carbocycles. The Kier molecular flexibility index (Phi) is 5.79. The molecule has 0 aliphatic carbocycles.